The molecule has 20 rings (SSSR count). The van der Waals surface area contributed by atoms with Gasteiger partial charge in [-0.3, -0.25) is 24.0 Å². The van der Waals surface area contributed by atoms with Crippen LogP contribution in [0.2, 0.25) is 0 Å². The van der Waals surface area contributed by atoms with Crippen LogP contribution >= 0.6 is 0 Å². The molecule has 0 spiro atoms. The Morgan fingerprint density at radius 3 is 0.524 bits per heavy atom. The fourth-order valence-electron chi connectivity index (χ4n) is 21.2. The van der Waals surface area contributed by atoms with Gasteiger partial charge in [-0.2, -0.15) is 0 Å². The number of fused-ring (bicyclic) bond motifs is 5. The van der Waals surface area contributed by atoms with Gasteiger partial charge in [0.2, 0.25) is 0 Å². The predicted molar refractivity (Wildman–Crippen MR) is 558 cm³/mol. The van der Waals surface area contributed by atoms with Crippen LogP contribution in [0.3, 0.4) is 0 Å². The molecule has 5 saturated carbocycles. The summed E-state index contributed by atoms with van der Waals surface area (Å²) in [6, 6.07) is 28.9. The summed E-state index contributed by atoms with van der Waals surface area (Å²) in [5.74, 6) is 2.83. The molecule has 0 radical (unpaired) electrons. The van der Waals surface area contributed by atoms with E-state index in [2.05, 4.69) is 95.3 Å². The van der Waals surface area contributed by atoms with Crippen molar-refractivity contribution in [3.63, 3.8) is 0 Å². The van der Waals surface area contributed by atoms with E-state index in [-0.39, 0.29) is 115 Å². The molecule has 10 N–H and O–H groups in total. The Balaban J connectivity index is 0.000000130. The lowest BCUT2D eigenvalue weighted by Crippen LogP contribution is -2.22. The predicted octanol–water partition coefficient (Wildman–Crippen LogP) is 21.7. The maximum absolute atomic E-state index is 12.9. The first-order valence-corrected chi connectivity index (χ1v) is 60.1. The molecule has 5 heterocycles. The lowest BCUT2D eigenvalue weighted by Gasteiger charge is -2.27. The van der Waals surface area contributed by atoms with Gasteiger partial charge in [-0.05, 0) is 368 Å². The molecule has 145 heavy (non-hydrogen) atoms. The number of hydrogen-bond donors (Lipinski definition) is 10. The van der Waals surface area contributed by atoms with Crippen LogP contribution in [0.1, 0.15) is 337 Å². The number of rotatable bonds is 40. The number of carbonyl (C=O) groups is 5. The zero-order valence-electron chi connectivity index (χ0n) is 86.4. The van der Waals surface area contributed by atoms with E-state index in [0.717, 1.165) is 92.0 Å². The second-order valence-electron chi connectivity index (χ2n) is 45.7. The molecular weight excluding hydrogens is 1930 g/mol. The van der Waals surface area contributed by atoms with Crippen molar-refractivity contribution in [1.29, 1.82) is 23.9 Å². The van der Waals surface area contributed by atoms with E-state index >= 15 is 0 Å². The summed E-state index contributed by atoms with van der Waals surface area (Å²) in [7, 11) is -16.9. The van der Waals surface area contributed by atoms with Gasteiger partial charge >= 0.3 is 0 Å². The third-order valence-electron chi connectivity index (χ3n) is 31.9. The highest BCUT2D eigenvalue weighted by atomic mass is 32.2. The van der Waals surface area contributed by atoms with Crippen LogP contribution in [0.4, 0.5) is 0 Å². The average Bonchev–Trinajstić information content (AvgIpc) is 1.75. The Hall–Kier alpha value is -9.60. The molecule has 780 valence electrons. The zero-order chi connectivity index (χ0) is 105. The van der Waals surface area contributed by atoms with E-state index < -0.39 is 76.7 Å². The number of aryl methyl sites for hydroxylation is 5. The van der Waals surface area contributed by atoms with Crippen LogP contribution in [-0.4, -0.2) is 104 Å². The van der Waals surface area contributed by atoms with Crippen molar-refractivity contribution in [2.45, 2.75) is 347 Å². The van der Waals surface area contributed by atoms with Gasteiger partial charge in [-0.25, -0.2) is 44.9 Å². The van der Waals surface area contributed by atoms with Gasteiger partial charge in [0.1, 0.15) is 48.6 Å². The maximum atomic E-state index is 12.9. The molecule has 10 aliphatic rings. The average molecular weight is 2080 g/mol. The van der Waals surface area contributed by atoms with E-state index in [0.29, 0.717) is 87.0 Å². The van der Waals surface area contributed by atoms with Gasteiger partial charge in [0.05, 0.1) is 88.1 Å². The summed E-state index contributed by atoms with van der Waals surface area (Å²) < 4.78 is 132. The standard InChI is InChI=1S/5C23H29NO4S/c5*1-14(15-4-5-15)19-8-6-16-7-9-20(16)21(19)11-18(25)13-29(24,27)22-10-17(12-28-22)23(2,3)26/h5*6,8,10,12,14-15,24,26H,4-5,7,9,11,13H2,1-3H3/t2*14-,29+;2*14-,29-;/m1010./s1. The molecule has 0 saturated heterocycles. The van der Waals surface area contributed by atoms with Crippen LogP contribution in [0, 0.1) is 53.5 Å². The Bertz CT molecular complexity index is 6270. The molecule has 5 aromatic carbocycles. The zero-order valence-corrected chi connectivity index (χ0v) is 90.5. The Labute approximate surface area is 855 Å². The van der Waals surface area contributed by atoms with E-state index in [4.69, 9.17) is 46.0 Å². The van der Waals surface area contributed by atoms with Crippen LogP contribution < -0.4 is 0 Å². The molecule has 5 aromatic heterocycles. The highest BCUT2D eigenvalue weighted by Gasteiger charge is 2.42. The monoisotopic (exact) mass is 2080 g/mol. The number of ketones is 5. The van der Waals surface area contributed by atoms with Gasteiger partial charge in [0, 0.05) is 90.3 Å². The van der Waals surface area contributed by atoms with Gasteiger partial charge in [0.15, 0.2) is 54.4 Å². The summed E-state index contributed by atoms with van der Waals surface area (Å²) in [6.07, 6.45) is 30.3. The maximum Gasteiger partial charge on any atom is 0.199 e. The van der Waals surface area contributed by atoms with Crippen molar-refractivity contribution < 1.29 is 92.6 Å². The fraction of sp³-hybridized carbons (Fsp3) is 0.522. The van der Waals surface area contributed by atoms with E-state index in [9.17, 15) is 70.5 Å². The number of Topliss-reactive ketones (excluding diaryl/α,β-unsaturated/α-hetero) is 5. The largest absolute Gasteiger partial charge is 0.454 e. The molecule has 0 bridgehead atoms. The fourth-order valence-corrected chi connectivity index (χ4v) is 27.2. The summed E-state index contributed by atoms with van der Waals surface area (Å²) in [6.45, 7) is 27.1. The third-order valence-corrected chi connectivity index (χ3v) is 39.8. The number of benzene rings is 5. The number of carbonyl (C=O) groups excluding carboxylic acids is 5. The minimum atomic E-state index is -3.39. The summed E-state index contributed by atoms with van der Waals surface area (Å²) in [5.41, 5.74) is 21.2. The number of nitrogens with one attached hydrogen (secondary N) is 5. The topological polar surface area (TPSA) is 457 Å². The third kappa shape index (κ3) is 25.3. The molecule has 10 atom stereocenters. The first-order valence-electron chi connectivity index (χ1n) is 51.5. The van der Waals surface area contributed by atoms with Gasteiger partial charge in [-0.1, -0.05) is 95.3 Å². The van der Waals surface area contributed by atoms with Crippen molar-refractivity contribution in [3.05, 3.63) is 261 Å². The van der Waals surface area contributed by atoms with Gasteiger partial charge in [-0.15, -0.1) is 0 Å². The van der Waals surface area contributed by atoms with E-state index in [1.54, 1.807) is 69.2 Å². The normalized spacial score (nSPS) is 19.2. The van der Waals surface area contributed by atoms with Crippen LogP contribution in [-0.2, 0) is 197 Å². The SMILES string of the molecule is CC(c1ccc2c(c1CC(=O)CS(=N)(=O)c1cc(C(C)(C)O)co1)CC2)C1CC1.C[C@@H](c1ccc2c(c1CC(=O)C[S@@](=N)(=O)c1cc(C(C)(C)O)co1)CC2)C1CC1.C[C@@H](c1ccc2c(c1CC(=O)C[S@](=N)(=O)c1cc(C(C)(C)O)co1)CC2)C1CC1.C[C@H](c1ccc2c(c1CC(=O)C[S@@](=N)(=O)c1cc(C(C)(C)O)co1)CC2)C1CC1.C[C@H](c1ccc2c(c1CC(=O)C[S@](=N)(=O)c1cc(C(C)(C)O)co1)CC2)C1CC1. The second kappa shape index (κ2) is 41.4. The Morgan fingerprint density at radius 2 is 0.414 bits per heavy atom. The first-order chi connectivity index (χ1) is 67.8. The molecule has 0 aliphatic heterocycles. The second-order valence-corrected chi connectivity index (χ2v) is 55.9. The summed E-state index contributed by atoms with van der Waals surface area (Å²) in [4.78, 5) is 64.3. The minimum Gasteiger partial charge on any atom is -0.454 e. The quantitative estimate of drug-likeness (QED) is 0.0170. The Kier molecular flexibility index (Phi) is 30.9. The number of furan rings is 5. The lowest BCUT2D eigenvalue weighted by atomic mass is 9.78. The molecule has 25 nitrogen and oxygen atoms in total. The van der Waals surface area contributed by atoms with Crippen LogP contribution in [0.15, 0.2) is 170 Å². The number of aliphatic hydroxyl groups is 5. The highest BCUT2D eigenvalue weighted by molar-refractivity contribution is 7.94. The van der Waals surface area contributed by atoms with Crippen molar-refractivity contribution in [3.8, 4) is 0 Å². The Morgan fingerprint density at radius 1 is 0.269 bits per heavy atom. The lowest BCUT2D eigenvalue weighted by molar-refractivity contribution is -0.116. The molecule has 30 heteroatoms. The molecule has 2 unspecified atom stereocenters. The van der Waals surface area contributed by atoms with Gasteiger partial charge in [0.25, 0.3) is 0 Å². The number of hydrogen-bond acceptors (Lipinski definition) is 25. The first kappa shape index (κ1) is 108. The van der Waals surface area contributed by atoms with E-state index in [1.165, 1.54) is 209 Å². The molecule has 5 fully saturated rings. The summed E-state index contributed by atoms with van der Waals surface area (Å²) >= 11 is 0. The van der Waals surface area contributed by atoms with Crippen molar-refractivity contribution in [2.75, 3.05) is 28.8 Å². The van der Waals surface area contributed by atoms with Crippen molar-refractivity contribution in [1.82, 2.24) is 0 Å². The molecule has 0 amide bonds. The summed E-state index contributed by atoms with van der Waals surface area (Å²) in [5, 5.41) is 50.1. The van der Waals surface area contributed by atoms with Crippen molar-refractivity contribution in [2.24, 2.45) is 29.6 Å². The van der Waals surface area contributed by atoms with Crippen LogP contribution in [0.5, 0.6) is 0 Å². The van der Waals surface area contributed by atoms with Crippen molar-refractivity contribution >= 4 is 77.6 Å². The minimum absolute atomic E-state index is 0.0457. The molecule has 10 aliphatic carbocycles. The van der Waals surface area contributed by atoms with E-state index in [1.807, 2.05) is 0 Å². The highest BCUT2D eigenvalue weighted by Crippen LogP contribution is 2.52. The molecule has 10 aromatic rings. The smallest absolute Gasteiger partial charge is 0.199 e. The molecular formula is C115H145N5O20S5. The van der Waals surface area contributed by atoms with Crippen LogP contribution in [0.25, 0.3) is 0 Å². The van der Waals surface area contributed by atoms with Gasteiger partial charge < -0.3 is 47.6 Å².